The summed E-state index contributed by atoms with van der Waals surface area (Å²) in [6, 6.07) is 9.48. The number of aromatic nitrogens is 3. The summed E-state index contributed by atoms with van der Waals surface area (Å²) in [5, 5.41) is 9.61. The largest absolute Gasteiger partial charge is 0.493 e. The Morgan fingerprint density at radius 3 is 2.90 bits per heavy atom. The summed E-state index contributed by atoms with van der Waals surface area (Å²) in [6.07, 6.45) is 3.31. The van der Waals surface area contributed by atoms with Gasteiger partial charge in [-0.05, 0) is 42.5 Å². The van der Waals surface area contributed by atoms with E-state index in [1.54, 1.807) is 6.07 Å². The van der Waals surface area contributed by atoms with Crippen molar-refractivity contribution in [2.24, 2.45) is 0 Å². The van der Waals surface area contributed by atoms with Gasteiger partial charge in [-0.2, -0.15) is 4.98 Å². The molecule has 5 nitrogen and oxygen atoms in total. The molecule has 20 heavy (non-hydrogen) atoms. The Labute approximate surface area is 115 Å². The summed E-state index contributed by atoms with van der Waals surface area (Å²) >= 11 is 0. The normalized spacial score (nSPS) is 13.8. The van der Waals surface area contributed by atoms with Gasteiger partial charge >= 0.3 is 0 Å². The number of hydrogen-bond acceptors (Lipinski definition) is 4. The first-order valence-electron chi connectivity index (χ1n) is 6.69. The fourth-order valence-electron chi connectivity index (χ4n) is 3.01. The summed E-state index contributed by atoms with van der Waals surface area (Å²) in [5.74, 6) is 0.379. The highest BCUT2D eigenvalue weighted by molar-refractivity contribution is 5.78. The number of aryl methyl sites for hydroxylation is 1. The smallest absolute Gasteiger partial charge is 0.212 e. The molecule has 2 heterocycles. The summed E-state index contributed by atoms with van der Waals surface area (Å²) in [7, 11) is 0. The van der Waals surface area contributed by atoms with Crippen LogP contribution in [-0.4, -0.2) is 19.6 Å². The predicted molar refractivity (Wildman–Crippen MR) is 77.0 cm³/mol. The van der Waals surface area contributed by atoms with Crippen LogP contribution < -0.4 is 5.73 Å². The predicted octanol–water partition coefficient (Wildman–Crippen LogP) is 2.20. The van der Waals surface area contributed by atoms with Crippen molar-refractivity contribution in [3.05, 3.63) is 41.5 Å². The lowest BCUT2D eigenvalue weighted by molar-refractivity contribution is 0.455. The molecular formula is C15H14N4O. The lowest BCUT2D eigenvalue weighted by Gasteiger charge is -2.11. The van der Waals surface area contributed by atoms with Crippen LogP contribution in [0.25, 0.3) is 16.9 Å². The van der Waals surface area contributed by atoms with Crippen LogP contribution in [0.2, 0.25) is 0 Å². The standard InChI is InChI=1S/C15H14N4O/c16-15-17-11-7-8-13(20)18-14(11)19(15)12-6-2-4-9-3-1-5-10(9)12/h2,4,6-8H,1,3,5H2,(H2,16,17)(H,18,20). The summed E-state index contributed by atoms with van der Waals surface area (Å²) in [6.45, 7) is 0. The van der Waals surface area contributed by atoms with E-state index in [0.29, 0.717) is 17.1 Å². The minimum absolute atomic E-state index is 0.0220. The van der Waals surface area contributed by atoms with Crippen LogP contribution >= 0.6 is 0 Å². The van der Waals surface area contributed by atoms with Crippen LogP contribution in [0.5, 0.6) is 5.88 Å². The summed E-state index contributed by atoms with van der Waals surface area (Å²) in [5.41, 5.74) is 11.0. The van der Waals surface area contributed by atoms with Crippen molar-refractivity contribution in [3.8, 4) is 11.6 Å². The van der Waals surface area contributed by atoms with E-state index in [1.807, 2.05) is 16.7 Å². The molecular weight excluding hydrogens is 252 g/mol. The molecule has 1 aromatic carbocycles. The maximum atomic E-state index is 9.61. The average molecular weight is 266 g/mol. The first-order chi connectivity index (χ1) is 9.74. The fourth-order valence-corrected chi connectivity index (χ4v) is 3.01. The van der Waals surface area contributed by atoms with Gasteiger partial charge in [0, 0.05) is 6.07 Å². The molecule has 0 saturated carbocycles. The van der Waals surface area contributed by atoms with E-state index in [0.717, 1.165) is 24.9 Å². The highest BCUT2D eigenvalue weighted by Gasteiger charge is 2.19. The zero-order valence-electron chi connectivity index (χ0n) is 10.9. The molecule has 4 rings (SSSR count). The molecule has 1 aliphatic carbocycles. The van der Waals surface area contributed by atoms with E-state index < -0.39 is 0 Å². The third-order valence-corrected chi connectivity index (χ3v) is 3.88. The van der Waals surface area contributed by atoms with Gasteiger partial charge in [-0.3, -0.25) is 4.57 Å². The van der Waals surface area contributed by atoms with Gasteiger partial charge in [0.05, 0.1) is 5.69 Å². The highest BCUT2D eigenvalue weighted by atomic mass is 16.3. The second-order valence-electron chi connectivity index (χ2n) is 5.09. The van der Waals surface area contributed by atoms with Crippen molar-refractivity contribution < 1.29 is 5.11 Å². The molecule has 5 heteroatoms. The zero-order valence-corrected chi connectivity index (χ0v) is 10.9. The third kappa shape index (κ3) is 1.49. The lowest BCUT2D eigenvalue weighted by Crippen LogP contribution is -2.04. The average Bonchev–Trinajstić information content (AvgIpc) is 3.02. The van der Waals surface area contributed by atoms with Crippen molar-refractivity contribution >= 4 is 17.1 Å². The van der Waals surface area contributed by atoms with Gasteiger partial charge in [0.25, 0.3) is 0 Å². The van der Waals surface area contributed by atoms with Crippen molar-refractivity contribution in [2.75, 3.05) is 5.73 Å². The maximum absolute atomic E-state index is 9.61. The Balaban J connectivity index is 2.06. The van der Waals surface area contributed by atoms with Gasteiger partial charge in [-0.25, -0.2) is 4.98 Å². The van der Waals surface area contributed by atoms with Crippen LogP contribution in [0.4, 0.5) is 5.95 Å². The summed E-state index contributed by atoms with van der Waals surface area (Å²) < 4.78 is 1.83. The number of benzene rings is 1. The first kappa shape index (κ1) is 11.3. The number of imidazole rings is 1. The second-order valence-corrected chi connectivity index (χ2v) is 5.09. The van der Waals surface area contributed by atoms with Crippen LogP contribution in [0.15, 0.2) is 30.3 Å². The Hall–Kier alpha value is -2.56. The van der Waals surface area contributed by atoms with Gasteiger partial charge in [0.2, 0.25) is 11.8 Å². The van der Waals surface area contributed by atoms with Crippen LogP contribution in [0, 0.1) is 0 Å². The zero-order chi connectivity index (χ0) is 13.7. The number of nitrogens with two attached hydrogens (primary N) is 1. The molecule has 3 N–H and O–H groups in total. The molecule has 0 unspecified atom stereocenters. The number of nitrogens with zero attached hydrogens (tertiary/aromatic N) is 3. The number of aromatic hydroxyl groups is 1. The molecule has 0 spiro atoms. The minimum Gasteiger partial charge on any atom is -0.493 e. The highest BCUT2D eigenvalue weighted by Crippen LogP contribution is 2.31. The van der Waals surface area contributed by atoms with E-state index in [1.165, 1.54) is 17.2 Å². The number of nitrogen functional groups attached to an aromatic ring is 1. The van der Waals surface area contributed by atoms with Gasteiger partial charge in [0.15, 0.2) is 5.65 Å². The Kier molecular flexibility index (Phi) is 2.24. The van der Waals surface area contributed by atoms with Gasteiger partial charge < -0.3 is 10.8 Å². The van der Waals surface area contributed by atoms with E-state index in [4.69, 9.17) is 5.73 Å². The number of anilines is 1. The molecule has 0 bridgehead atoms. The van der Waals surface area contributed by atoms with Crippen LogP contribution in [0.1, 0.15) is 17.5 Å². The molecule has 2 aromatic heterocycles. The van der Waals surface area contributed by atoms with Crippen molar-refractivity contribution in [1.82, 2.24) is 14.5 Å². The van der Waals surface area contributed by atoms with E-state index in [2.05, 4.69) is 16.0 Å². The molecule has 3 aromatic rings. The topological polar surface area (TPSA) is 77.0 Å². The van der Waals surface area contributed by atoms with Gasteiger partial charge in [0.1, 0.15) is 5.52 Å². The SMILES string of the molecule is Nc1nc2ccc(O)nc2n1-c1cccc2c1CCC2. The van der Waals surface area contributed by atoms with Crippen molar-refractivity contribution in [3.63, 3.8) is 0 Å². The van der Waals surface area contributed by atoms with Crippen molar-refractivity contribution in [1.29, 1.82) is 0 Å². The molecule has 100 valence electrons. The quantitative estimate of drug-likeness (QED) is 0.708. The fraction of sp³-hybridized carbons (Fsp3) is 0.200. The Morgan fingerprint density at radius 2 is 2.00 bits per heavy atom. The van der Waals surface area contributed by atoms with Gasteiger partial charge in [-0.1, -0.05) is 12.1 Å². The molecule has 0 aliphatic heterocycles. The molecule has 0 atom stereocenters. The van der Waals surface area contributed by atoms with Crippen LogP contribution in [-0.2, 0) is 12.8 Å². The number of fused-ring (bicyclic) bond motifs is 2. The van der Waals surface area contributed by atoms with Gasteiger partial charge in [-0.15, -0.1) is 0 Å². The van der Waals surface area contributed by atoms with E-state index in [9.17, 15) is 5.11 Å². The van der Waals surface area contributed by atoms with E-state index in [-0.39, 0.29) is 5.88 Å². The second kappa shape index (κ2) is 3.96. The first-order valence-corrected chi connectivity index (χ1v) is 6.69. The maximum Gasteiger partial charge on any atom is 0.212 e. The number of rotatable bonds is 1. The molecule has 0 amide bonds. The Morgan fingerprint density at radius 1 is 1.10 bits per heavy atom. The molecule has 0 radical (unpaired) electrons. The van der Waals surface area contributed by atoms with Crippen LogP contribution in [0.3, 0.4) is 0 Å². The lowest BCUT2D eigenvalue weighted by atomic mass is 10.1. The van der Waals surface area contributed by atoms with Crippen molar-refractivity contribution in [2.45, 2.75) is 19.3 Å². The molecule has 0 saturated heterocycles. The number of pyridine rings is 1. The minimum atomic E-state index is -0.0220. The molecule has 0 fully saturated rings. The Bertz CT molecular complexity index is 822. The molecule has 1 aliphatic rings. The summed E-state index contributed by atoms with van der Waals surface area (Å²) in [4.78, 5) is 8.50. The van der Waals surface area contributed by atoms with E-state index >= 15 is 0 Å². The third-order valence-electron chi connectivity index (χ3n) is 3.88. The monoisotopic (exact) mass is 266 g/mol. The number of hydrogen-bond donors (Lipinski definition) is 2.